The molecule has 2 aliphatic heterocycles. The quantitative estimate of drug-likeness (QED) is 0.579. The SMILES string of the molecule is O=C(c1ccoc1)N1CCN(C(=O)c2ccc(N3CCCC3)c([N+](=O)[O-])c2)CC1. The zero-order chi connectivity index (χ0) is 20.4. The zero-order valence-corrected chi connectivity index (χ0v) is 16.0. The summed E-state index contributed by atoms with van der Waals surface area (Å²) in [5, 5.41) is 11.6. The Bertz CT molecular complexity index is 913. The van der Waals surface area contributed by atoms with Crippen molar-refractivity contribution in [2.75, 3.05) is 44.2 Å². The Balaban J connectivity index is 1.45. The molecule has 0 atom stereocenters. The number of hydrogen-bond donors (Lipinski definition) is 0. The molecule has 0 spiro atoms. The van der Waals surface area contributed by atoms with Crippen LogP contribution in [0.5, 0.6) is 0 Å². The fourth-order valence-electron chi connectivity index (χ4n) is 3.89. The Morgan fingerprint density at radius 1 is 0.897 bits per heavy atom. The highest BCUT2D eigenvalue weighted by molar-refractivity contribution is 5.97. The highest BCUT2D eigenvalue weighted by Crippen LogP contribution is 2.32. The fourth-order valence-corrected chi connectivity index (χ4v) is 3.89. The lowest BCUT2D eigenvalue weighted by Gasteiger charge is -2.34. The Hall–Kier alpha value is -3.36. The molecular formula is C20H22N4O5. The van der Waals surface area contributed by atoms with Gasteiger partial charge in [-0.1, -0.05) is 0 Å². The standard InChI is InChI=1S/C20H22N4O5/c25-19(22-8-10-23(11-9-22)20(26)16-5-12-29-14-16)15-3-4-17(18(13-15)24(27)28)21-6-1-2-7-21/h3-5,12-14H,1-2,6-11H2. The van der Waals surface area contributed by atoms with Crippen molar-refractivity contribution in [1.82, 2.24) is 9.80 Å². The van der Waals surface area contributed by atoms with Gasteiger partial charge in [0.15, 0.2) is 0 Å². The summed E-state index contributed by atoms with van der Waals surface area (Å²) >= 11 is 0. The van der Waals surface area contributed by atoms with Crippen molar-refractivity contribution in [1.29, 1.82) is 0 Å². The van der Waals surface area contributed by atoms with Crippen LogP contribution in [-0.2, 0) is 0 Å². The van der Waals surface area contributed by atoms with Crippen molar-refractivity contribution in [3.63, 3.8) is 0 Å². The maximum Gasteiger partial charge on any atom is 0.293 e. The molecule has 1 aromatic carbocycles. The molecule has 1 aromatic heterocycles. The van der Waals surface area contributed by atoms with E-state index in [-0.39, 0.29) is 17.5 Å². The molecule has 4 rings (SSSR count). The van der Waals surface area contributed by atoms with Gasteiger partial charge in [-0.2, -0.15) is 0 Å². The van der Waals surface area contributed by atoms with Gasteiger partial charge < -0.3 is 19.1 Å². The van der Waals surface area contributed by atoms with Gasteiger partial charge in [0.25, 0.3) is 17.5 Å². The number of piperazine rings is 1. The molecule has 2 aromatic rings. The van der Waals surface area contributed by atoms with Crippen LogP contribution in [0, 0.1) is 10.1 Å². The second-order valence-corrected chi connectivity index (χ2v) is 7.25. The van der Waals surface area contributed by atoms with Crippen LogP contribution < -0.4 is 4.90 Å². The molecular weight excluding hydrogens is 376 g/mol. The van der Waals surface area contributed by atoms with Gasteiger partial charge in [0.1, 0.15) is 12.0 Å². The normalized spacial score (nSPS) is 16.9. The highest BCUT2D eigenvalue weighted by atomic mass is 16.6. The summed E-state index contributed by atoms with van der Waals surface area (Å²) in [6, 6.07) is 6.32. The van der Waals surface area contributed by atoms with E-state index in [1.54, 1.807) is 28.0 Å². The topological polar surface area (TPSA) is 100 Å². The summed E-state index contributed by atoms with van der Waals surface area (Å²) < 4.78 is 4.95. The first-order valence-electron chi connectivity index (χ1n) is 9.69. The van der Waals surface area contributed by atoms with Crippen LogP contribution in [0.2, 0.25) is 0 Å². The summed E-state index contributed by atoms with van der Waals surface area (Å²) in [4.78, 5) is 41.7. The van der Waals surface area contributed by atoms with E-state index in [2.05, 4.69) is 0 Å². The lowest BCUT2D eigenvalue weighted by molar-refractivity contribution is -0.384. The number of nitro benzene ring substituents is 1. The van der Waals surface area contributed by atoms with Gasteiger partial charge in [-0.3, -0.25) is 19.7 Å². The molecule has 2 saturated heterocycles. The van der Waals surface area contributed by atoms with E-state index < -0.39 is 4.92 Å². The smallest absolute Gasteiger partial charge is 0.293 e. The van der Waals surface area contributed by atoms with Crippen molar-refractivity contribution in [3.05, 3.63) is 58.0 Å². The van der Waals surface area contributed by atoms with Gasteiger partial charge in [-0.15, -0.1) is 0 Å². The van der Waals surface area contributed by atoms with Crippen LogP contribution in [0.25, 0.3) is 0 Å². The molecule has 9 nitrogen and oxygen atoms in total. The summed E-state index contributed by atoms with van der Waals surface area (Å²) in [7, 11) is 0. The first kappa shape index (κ1) is 19.0. The predicted molar refractivity (Wildman–Crippen MR) is 105 cm³/mol. The van der Waals surface area contributed by atoms with Crippen LogP contribution in [-0.4, -0.2) is 65.8 Å². The predicted octanol–water partition coefficient (Wildman–Crippen LogP) is 2.39. The minimum atomic E-state index is -0.425. The van der Waals surface area contributed by atoms with Gasteiger partial charge in [-0.25, -0.2) is 0 Å². The van der Waals surface area contributed by atoms with Crippen LogP contribution in [0.3, 0.4) is 0 Å². The molecule has 0 aliphatic carbocycles. The van der Waals surface area contributed by atoms with Gasteiger partial charge in [-0.05, 0) is 31.0 Å². The van der Waals surface area contributed by atoms with E-state index in [4.69, 9.17) is 4.42 Å². The maximum atomic E-state index is 12.9. The molecule has 0 saturated carbocycles. The summed E-state index contributed by atoms with van der Waals surface area (Å²) in [5.74, 6) is -0.382. The average Bonchev–Trinajstić information content (AvgIpc) is 3.46. The van der Waals surface area contributed by atoms with Crippen molar-refractivity contribution >= 4 is 23.2 Å². The Kier molecular flexibility index (Phi) is 5.20. The van der Waals surface area contributed by atoms with Crippen molar-refractivity contribution in [3.8, 4) is 0 Å². The van der Waals surface area contributed by atoms with Gasteiger partial charge in [0, 0.05) is 50.9 Å². The minimum Gasteiger partial charge on any atom is -0.472 e. The van der Waals surface area contributed by atoms with E-state index in [1.807, 2.05) is 4.90 Å². The molecule has 0 N–H and O–H groups in total. The number of anilines is 1. The Labute approximate surface area is 167 Å². The third-order valence-corrected chi connectivity index (χ3v) is 5.49. The molecule has 0 radical (unpaired) electrons. The van der Waals surface area contributed by atoms with Crippen LogP contribution in [0.15, 0.2) is 41.2 Å². The third kappa shape index (κ3) is 3.80. The number of nitrogens with zero attached hydrogens (tertiary/aromatic N) is 4. The molecule has 2 aliphatic rings. The lowest BCUT2D eigenvalue weighted by Crippen LogP contribution is -2.50. The second-order valence-electron chi connectivity index (χ2n) is 7.25. The molecule has 3 heterocycles. The van der Waals surface area contributed by atoms with Crippen LogP contribution >= 0.6 is 0 Å². The first-order valence-corrected chi connectivity index (χ1v) is 9.69. The monoisotopic (exact) mass is 398 g/mol. The van der Waals surface area contributed by atoms with E-state index in [1.165, 1.54) is 18.6 Å². The van der Waals surface area contributed by atoms with Crippen LogP contribution in [0.1, 0.15) is 33.6 Å². The third-order valence-electron chi connectivity index (χ3n) is 5.49. The number of amides is 2. The van der Waals surface area contributed by atoms with E-state index in [9.17, 15) is 19.7 Å². The highest BCUT2D eigenvalue weighted by Gasteiger charge is 2.28. The van der Waals surface area contributed by atoms with E-state index >= 15 is 0 Å². The number of carbonyl (C=O) groups excluding carboxylic acids is 2. The number of rotatable bonds is 4. The number of benzene rings is 1. The largest absolute Gasteiger partial charge is 0.472 e. The first-order chi connectivity index (χ1) is 14.0. The Morgan fingerprint density at radius 3 is 2.07 bits per heavy atom. The average molecular weight is 398 g/mol. The summed E-state index contributed by atoms with van der Waals surface area (Å²) in [5.41, 5.74) is 1.32. The second kappa shape index (κ2) is 7.94. The lowest BCUT2D eigenvalue weighted by atomic mass is 10.1. The molecule has 2 fully saturated rings. The molecule has 0 unspecified atom stereocenters. The molecule has 152 valence electrons. The number of hydrogen-bond acceptors (Lipinski definition) is 6. The minimum absolute atomic E-state index is 0.0356. The molecule has 0 bridgehead atoms. The van der Waals surface area contributed by atoms with E-state index in [0.29, 0.717) is 43.0 Å². The molecule has 2 amide bonds. The summed E-state index contributed by atoms with van der Waals surface area (Å²) in [6.07, 6.45) is 4.88. The van der Waals surface area contributed by atoms with Crippen molar-refractivity contribution in [2.24, 2.45) is 0 Å². The van der Waals surface area contributed by atoms with Gasteiger partial charge in [0.2, 0.25) is 0 Å². The number of carbonyl (C=O) groups is 2. The van der Waals surface area contributed by atoms with E-state index in [0.717, 1.165) is 25.9 Å². The van der Waals surface area contributed by atoms with Gasteiger partial charge >= 0.3 is 0 Å². The fraction of sp³-hybridized carbons (Fsp3) is 0.400. The van der Waals surface area contributed by atoms with Gasteiger partial charge in [0.05, 0.1) is 16.7 Å². The van der Waals surface area contributed by atoms with Crippen molar-refractivity contribution in [2.45, 2.75) is 12.8 Å². The molecule has 9 heteroatoms. The number of furan rings is 1. The molecule has 29 heavy (non-hydrogen) atoms. The summed E-state index contributed by atoms with van der Waals surface area (Å²) in [6.45, 7) is 3.16. The maximum absolute atomic E-state index is 12.9. The Morgan fingerprint density at radius 2 is 1.52 bits per heavy atom. The number of nitro groups is 1. The van der Waals surface area contributed by atoms with Crippen LogP contribution in [0.4, 0.5) is 11.4 Å². The van der Waals surface area contributed by atoms with Crippen molar-refractivity contribution < 1.29 is 18.9 Å². The zero-order valence-electron chi connectivity index (χ0n) is 16.0.